The first-order valence-corrected chi connectivity index (χ1v) is 7.63. The summed E-state index contributed by atoms with van der Waals surface area (Å²) in [5.74, 6) is 2.96. The van der Waals surface area contributed by atoms with E-state index in [0.717, 1.165) is 0 Å². The van der Waals surface area contributed by atoms with Crippen molar-refractivity contribution in [3.63, 3.8) is 0 Å². The lowest BCUT2D eigenvalue weighted by Gasteiger charge is -2.09. The van der Waals surface area contributed by atoms with Gasteiger partial charge in [-0.2, -0.15) is 0 Å². The van der Waals surface area contributed by atoms with Gasteiger partial charge in [-0.25, -0.2) is 8.42 Å². The number of terminal acetylenes is 1. The van der Waals surface area contributed by atoms with Crippen molar-refractivity contribution in [2.24, 2.45) is 0 Å². The van der Waals surface area contributed by atoms with Gasteiger partial charge < -0.3 is 4.74 Å². The zero-order valence-corrected chi connectivity index (χ0v) is 11.5. The van der Waals surface area contributed by atoms with Crippen molar-refractivity contribution in [2.45, 2.75) is 19.8 Å². The van der Waals surface area contributed by atoms with Crippen LogP contribution in [0.4, 0.5) is 0 Å². The summed E-state index contributed by atoms with van der Waals surface area (Å²) in [5.41, 5.74) is 1.17. The molecule has 0 aliphatic heterocycles. The lowest BCUT2D eigenvalue weighted by molar-refractivity contribution is 0.340. The maximum atomic E-state index is 11.4. The maximum Gasteiger partial charge on any atom is 0.164 e. The Morgan fingerprint density at radius 3 is 2.72 bits per heavy atom. The van der Waals surface area contributed by atoms with Crippen LogP contribution in [0.5, 0.6) is 5.75 Å². The Balaban J connectivity index is 2.55. The van der Waals surface area contributed by atoms with Crippen LogP contribution >= 0.6 is 0 Å². The Hall–Kier alpha value is -1.47. The molecule has 98 valence electrons. The molecule has 3 nitrogen and oxygen atoms in total. The van der Waals surface area contributed by atoms with Crippen LogP contribution in [0.25, 0.3) is 0 Å². The second kappa shape index (κ2) is 6.46. The van der Waals surface area contributed by atoms with Crippen molar-refractivity contribution in [1.82, 2.24) is 0 Å². The second-order valence-corrected chi connectivity index (χ2v) is 6.56. The van der Waals surface area contributed by atoms with Gasteiger partial charge in [0.15, 0.2) is 9.84 Å². The standard InChI is InChI=1S/C14H18O3S/c1-4-9-18(15,16)10-8-17-14-7-5-6-13(11-14)12(2)3/h1,5-7,11-12H,8-10H2,2-3H3. The first-order valence-electron chi connectivity index (χ1n) is 5.81. The van der Waals surface area contributed by atoms with E-state index < -0.39 is 9.84 Å². The molecule has 0 bridgehead atoms. The van der Waals surface area contributed by atoms with Crippen LogP contribution in [0.15, 0.2) is 24.3 Å². The molecule has 0 aliphatic rings. The molecule has 1 aromatic carbocycles. The van der Waals surface area contributed by atoms with Gasteiger partial charge in [0.1, 0.15) is 18.1 Å². The molecule has 0 N–H and O–H groups in total. The highest BCUT2D eigenvalue weighted by Crippen LogP contribution is 2.20. The lowest BCUT2D eigenvalue weighted by Crippen LogP contribution is -2.16. The average Bonchev–Trinajstić information content (AvgIpc) is 2.29. The third kappa shape index (κ3) is 4.80. The van der Waals surface area contributed by atoms with Crippen molar-refractivity contribution in [1.29, 1.82) is 0 Å². The largest absolute Gasteiger partial charge is 0.493 e. The van der Waals surface area contributed by atoms with Crippen molar-refractivity contribution < 1.29 is 13.2 Å². The topological polar surface area (TPSA) is 43.4 Å². The second-order valence-electron chi connectivity index (χ2n) is 4.37. The minimum absolute atomic E-state index is 0.0525. The van der Waals surface area contributed by atoms with Crippen LogP contribution in [0.1, 0.15) is 25.3 Å². The molecule has 18 heavy (non-hydrogen) atoms. The quantitative estimate of drug-likeness (QED) is 0.742. The summed E-state index contributed by atoms with van der Waals surface area (Å²) in [5, 5.41) is 0. The monoisotopic (exact) mass is 266 g/mol. The van der Waals surface area contributed by atoms with Gasteiger partial charge in [0.05, 0.1) is 5.75 Å². The Labute approximate surface area is 109 Å². The fraction of sp³-hybridized carbons (Fsp3) is 0.429. The predicted octanol–water partition coefficient (Wildman–Crippen LogP) is 2.24. The summed E-state index contributed by atoms with van der Waals surface area (Å²) >= 11 is 0. The maximum absolute atomic E-state index is 11.4. The molecule has 0 heterocycles. The van der Waals surface area contributed by atoms with Crippen LogP contribution < -0.4 is 4.74 Å². The van der Waals surface area contributed by atoms with E-state index in [1.807, 2.05) is 24.3 Å². The minimum atomic E-state index is -3.19. The van der Waals surface area contributed by atoms with E-state index in [-0.39, 0.29) is 18.1 Å². The summed E-state index contributed by atoms with van der Waals surface area (Å²) in [6, 6.07) is 7.67. The Morgan fingerprint density at radius 1 is 1.39 bits per heavy atom. The third-order valence-electron chi connectivity index (χ3n) is 2.49. The van der Waals surface area contributed by atoms with E-state index in [4.69, 9.17) is 11.2 Å². The molecule has 1 rings (SSSR count). The van der Waals surface area contributed by atoms with Gasteiger partial charge in [0.25, 0.3) is 0 Å². The van der Waals surface area contributed by atoms with Crippen LogP contribution in [0.2, 0.25) is 0 Å². The number of benzene rings is 1. The highest BCUT2D eigenvalue weighted by molar-refractivity contribution is 7.91. The average molecular weight is 266 g/mol. The van der Waals surface area contributed by atoms with Crippen LogP contribution in [-0.4, -0.2) is 26.5 Å². The zero-order valence-electron chi connectivity index (χ0n) is 10.7. The van der Waals surface area contributed by atoms with E-state index in [0.29, 0.717) is 11.7 Å². The Kier molecular flexibility index (Phi) is 5.24. The summed E-state index contributed by atoms with van der Waals surface area (Å²) in [6.45, 7) is 4.32. The van der Waals surface area contributed by atoms with E-state index >= 15 is 0 Å². The molecule has 0 radical (unpaired) electrons. The number of rotatable bonds is 6. The minimum Gasteiger partial charge on any atom is -0.493 e. The third-order valence-corrected chi connectivity index (χ3v) is 3.89. The SMILES string of the molecule is C#CCS(=O)(=O)CCOc1cccc(C(C)C)c1. The van der Waals surface area contributed by atoms with Crippen LogP contribution in [-0.2, 0) is 9.84 Å². The highest BCUT2D eigenvalue weighted by Gasteiger charge is 2.09. The molecule has 0 aromatic heterocycles. The van der Waals surface area contributed by atoms with Gasteiger partial charge in [0, 0.05) is 0 Å². The van der Waals surface area contributed by atoms with Gasteiger partial charge in [-0.3, -0.25) is 0 Å². The van der Waals surface area contributed by atoms with Gasteiger partial charge in [-0.15, -0.1) is 6.42 Å². The highest BCUT2D eigenvalue weighted by atomic mass is 32.2. The molecule has 0 unspecified atom stereocenters. The number of sulfone groups is 1. The summed E-state index contributed by atoms with van der Waals surface area (Å²) in [6.07, 6.45) is 4.98. The van der Waals surface area contributed by atoms with Crippen molar-refractivity contribution in [3.05, 3.63) is 29.8 Å². The summed E-state index contributed by atoms with van der Waals surface area (Å²) in [7, 11) is -3.19. The molecular weight excluding hydrogens is 248 g/mol. The zero-order chi connectivity index (χ0) is 13.6. The fourth-order valence-electron chi connectivity index (χ4n) is 1.45. The lowest BCUT2D eigenvalue weighted by atomic mass is 10.0. The molecule has 0 saturated heterocycles. The summed E-state index contributed by atoms with van der Waals surface area (Å²) in [4.78, 5) is 0. The fourth-order valence-corrected chi connectivity index (χ4v) is 2.18. The van der Waals surface area contributed by atoms with Crippen molar-refractivity contribution >= 4 is 9.84 Å². The molecule has 1 aromatic rings. The van der Waals surface area contributed by atoms with Gasteiger partial charge in [-0.1, -0.05) is 31.9 Å². The molecule has 4 heteroatoms. The molecule has 0 spiro atoms. The van der Waals surface area contributed by atoms with Gasteiger partial charge in [-0.05, 0) is 23.6 Å². The molecule has 0 saturated carbocycles. The number of ether oxygens (including phenoxy) is 1. The Morgan fingerprint density at radius 2 is 2.11 bits per heavy atom. The van der Waals surface area contributed by atoms with E-state index in [1.165, 1.54) is 5.56 Å². The molecule has 0 aliphatic carbocycles. The van der Waals surface area contributed by atoms with Crippen LogP contribution in [0.3, 0.4) is 0 Å². The van der Waals surface area contributed by atoms with Crippen LogP contribution in [0, 0.1) is 12.3 Å². The first kappa shape index (κ1) is 14.6. The van der Waals surface area contributed by atoms with E-state index in [2.05, 4.69) is 19.8 Å². The first-order chi connectivity index (χ1) is 8.44. The predicted molar refractivity (Wildman–Crippen MR) is 73.5 cm³/mol. The van der Waals surface area contributed by atoms with Gasteiger partial charge >= 0.3 is 0 Å². The smallest absolute Gasteiger partial charge is 0.164 e. The number of hydrogen-bond acceptors (Lipinski definition) is 3. The van der Waals surface area contributed by atoms with Crippen molar-refractivity contribution in [2.75, 3.05) is 18.1 Å². The molecular formula is C14H18O3S. The normalized spacial score (nSPS) is 11.2. The summed E-state index contributed by atoms with van der Waals surface area (Å²) < 4.78 is 28.2. The Bertz CT molecular complexity index is 524. The molecule has 0 fully saturated rings. The van der Waals surface area contributed by atoms with Gasteiger partial charge in [0.2, 0.25) is 0 Å². The van der Waals surface area contributed by atoms with Crippen molar-refractivity contribution in [3.8, 4) is 18.1 Å². The number of hydrogen-bond donors (Lipinski definition) is 0. The van der Waals surface area contributed by atoms with E-state index in [9.17, 15) is 8.42 Å². The molecule has 0 amide bonds. The molecule has 0 atom stereocenters. The van der Waals surface area contributed by atoms with E-state index in [1.54, 1.807) is 0 Å².